The summed E-state index contributed by atoms with van der Waals surface area (Å²) in [6, 6.07) is 6.51. The molecule has 4 rings (SSSR count). The van der Waals surface area contributed by atoms with E-state index in [1.165, 1.54) is 6.07 Å². The summed E-state index contributed by atoms with van der Waals surface area (Å²) >= 11 is 3.39. The molecule has 1 aromatic heterocycles. The molecule has 1 amide bonds. The molecule has 0 saturated heterocycles. The highest BCUT2D eigenvalue weighted by atomic mass is 79.9. The molecule has 2 aromatic rings. The summed E-state index contributed by atoms with van der Waals surface area (Å²) in [5.41, 5.74) is 3.00. The van der Waals surface area contributed by atoms with E-state index in [0.717, 1.165) is 0 Å². The van der Waals surface area contributed by atoms with Gasteiger partial charge in [-0.2, -0.15) is 0 Å². The van der Waals surface area contributed by atoms with E-state index in [0.29, 0.717) is 15.7 Å². The summed E-state index contributed by atoms with van der Waals surface area (Å²) < 4.78 is 17.1. The first-order valence-electron chi connectivity index (χ1n) is 9.13. The number of hydrogen-bond donors (Lipinski definition) is 2. The molecule has 0 aliphatic carbocycles. The summed E-state index contributed by atoms with van der Waals surface area (Å²) in [6.45, 7) is 6.62. The van der Waals surface area contributed by atoms with Crippen molar-refractivity contribution in [2.45, 2.75) is 38.7 Å². The van der Waals surface area contributed by atoms with Gasteiger partial charge in [-0.25, -0.2) is 9.59 Å². The van der Waals surface area contributed by atoms with Crippen LogP contribution in [0.25, 0.3) is 0 Å². The van der Waals surface area contributed by atoms with Crippen LogP contribution >= 0.6 is 15.9 Å². The van der Waals surface area contributed by atoms with E-state index in [4.69, 9.17) is 19.6 Å². The lowest BCUT2D eigenvalue weighted by molar-refractivity contribution is -0.151. The maximum absolute atomic E-state index is 13.5. The number of ether oxygens (including phenoxy) is 2. The second-order valence-electron chi connectivity index (χ2n) is 8.12. The third-order valence-electron chi connectivity index (χ3n) is 4.83. The molecule has 0 fully saturated rings. The lowest BCUT2D eigenvalue weighted by Crippen LogP contribution is -2.49. The Morgan fingerprint density at radius 3 is 2.60 bits per heavy atom. The molecule has 0 bridgehead atoms. The Kier molecular flexibility index (Phi) is 4.36. The third-order valence-corrected chi connectivity index (χ3v) is 5.33. The third kappa shape index (κ3) is 2.84. The van der Waals surface area contributed by atoms with Gasteiger partial charge < -0.3 is 24.9 Å². The van der Waals surface area contributed by atoms with Gasteiger partial charge in [-0.05, 0) is 45.9 Å². The van der Waals surface area contributed by atoms with Gasteiger partial charge >= 0.3 is 11.6 Å². The summed E-state index contributed by atoms with van der Waals surface area (Å²) in [7, 11) is 0. The fourth-order valence-electron chi connectivity index (χ4n) is 3.84. The van der Waals surface area contributed by atoms with Crippen molar-refractivity contribution >= 4 is 33.5 Å². The number of halogens is 1. The number of amides is 1. The highest BCUT2D eigenvalue weighted by molar-refractivity contribution is 9.10. The van der Waals surface area contributed by atoms with Crippen LogP contribution in [0.5, 0.6) is 5.75 Å². The van der Waals surface area contributed by atoms with E-state index in [1.807, 2.05) is 0 Å². The summed E-state index contributed by atoms with van der Waals surface area (Å²) in [5, 5.41) is 2.74. The van der Waals surface area contributed by atoms with Gasteiger partial charge in [0, 0.05) is 21.8 Å². The molecule has 3 N–H and O–H groups in total. The van der Waals surface area contributed by atoms with Crippen molar-refractivity contribution in [3.05, 3.63) is 67.5 Å². The molecule has 2 aliphatic rings. The number of esters is 1. The van der Waals surface area contributed by atoms with Crippen molar-refractivity contribution in [1.82, 2.24) is 0 Å². The molecule has 0 radical (unpaired) electrons. The number of carbonyl (C=O) groups excluding carboxylic acids is 2. The second kappa shape index (κ2) is 6.46. The Hall–Kier alpha value is -3.07. The molecule has 1 spiro atoms. The van der Waals surface area contributed by atoms with E-state index >= 15 is 0 Å². The Labute approximate surface area is 180 Å². The summed E-state index contributed by atoms with van der Waals surface area (Å²) in [6.07, 6.45) is 0. The van der Waals surface area contributed by atoms with Gasteiger partial charge in [0.05, 0.1) is 0 Å². The molecule has 2 aliphatic heterocycles. The number of rotatable bonds is 1. The molecule has 1 atom stereocenters. The minimum atomic E-state index is -1.88. The van der Waals surface area contributed by atoms with E-state index in [2.05, 4.69) is 21.2 Å². The SMILES string of the molecule is Cc1cc2c(c(=O)o1)C1(C(=O)Nc3ccc(Br)cc31)C(C(=O)OC(C)(C)C)=C(N)O2. The maximum atomic E-state index is 13.5. The molecule has 3 heterocycles. The minimum absolute atomic E-state index is 0.0523. The number of anilines is 1. The number of fused-ring (bicyclic) bond motifs is 4. The Morgan fingerprint density at radius 2 is 1.93 bits per heavy atom. The van der Waals surface area contributed by atoms with E-state index in [1.54, 1.807) is 45.9 Å². The Morgan fingerprint density at radius 1 is 1.23 bits per heavy atom. The Bertz CT molecular complexity index is 1210. The van der Waals surface area contributed by atoms with Crippen molar-refractivity contribution in [3.63, 3.8) is 0 Å². The first-order chi connectivity index (χ1) is 13.9. The number of nitrogens with two attached hydrogens (primary N) is 1. The number of nitrogens with one attached hydrogen (secondary N) is 1. The predicted molar refractivity (Wildman–Crippen MR) is 111 cm³/mol. The van der Waals surface area contributed by atoms with Crippen LogP contribution in [-0.2, 0) is 19.7 Å². The van der Waals surface area contributed by atoms with Crippen molar-refractivity contribution in [2.75, 3.05) is 5.32 Å². The van der Waals surface area contributed by atoms with Gasteiger partial charge in [0.1, 0.15) is 33.7 Å². The van der Waals surface area contributed by atoms with Gasteiger partial charge in [-0.15, -0.1) is 0 Å². The molecule has 1 unspecified atom stereocenters. The van der Waals surface area contributed by atoms with Gasteiger partial charge in [0.25, 0.3) is 0 Å². The maximum Gasteiger partial charge on any atom is 0.344 e. The van der Waals surface area contributed by atoms with Crippen LogP contribution in [0.1, 0.15) is 37.7 Å². The first kappa shape index (κ1) is 20.2. The van der Waals surface area contributed by atoms with Crippen molar-refractivity contribution < 1.29 is 23.5 Å². The highest BCUT2D eigenvalue weighted by Crippen LogP contribution is 2.53. The van der Waals surface area contributed by atoms with Crippen molar-refractivity contribution in [2.24, 2.45) is 5.73 Å². The van der Waals surface area contributed by atoms with Gasteiger partial charge in [0.15, 0.2) is 0 Å². The molecular formula is C21H19BrN2O6. The number of benzene rings is 1. The zero-order chi connectivity index (χ0) is 22.0. The summed E-state index contributed by atoms with van der Waals surface area (Å²) in [4.78, 5) is 39.7. The largest absolute Gasteiger partial charge is 0.456 e. The fourth-order valence-corrected chi connectivity index (χ4v) is 4.20. The van der Waals surface area contributed by atoms with E-state index < -0.39 is 28.5 Å². The number of carbonyl (C=O) groups is 2. The predicted octanol–water partition coefficient (Wildman–Crippen LogP) is 2.85. The topological polar surface area (TPSA) is 121 Å². The molecule has 8 nitrogen and oxygen atoms in total. The molecule has 0 saturated carbocycles. The quantitative estimate of drug-likeness (QED) is 0.609. The van der Waals surface area contributed by atoms with E-state index in [9.17, 15) is 14.4 Å². The van der Waals surface area contributed by atoms with Crippen LogP contribution in [0.3, 0.4) is 0 Å². The smallest absolute Gasteiger partial charge is 0.344 e. The van der Waals surface area contributed by atoms with Crippen LogP contribution in [0, 0.1) is 6.92 Å². The van der Waals surface area contributed by atoms with Crippen LogP contribution in [0.2, 0.25) is 0 Å². The normalized spacial score (nSPS) is 19.8. The molecule has 9 heteroatoms. The minimum Gasteiger partial charge on any atom is -0.456 e. The molecule has 30 heavy (non-hydrogen) atoms. The van der Waals surface area contributed by atoms with E-state index in [-0.39, 0.29) is 28.5 Å². The molecule has 156 valence electrons. The summed E-state index contributed by atoms with van der Waals surface area (Å²) in [5.74, 6) is -1.48. The lowest BCUT2D eigenvalue weighted by Gasteiger charge is -2.35. The fraction of sp³-hybridized carbons (Fsp3) is 0.286. The average molecular weight is 475 g/mol. The monoisotopic (exact) mass is 474 g/mol. The first-order valence-corrected chi connectivity index (χ1v) is 9.92. The highest BCUT2D eigenvalue weighted by Gasteiger charge is 2.61. The van der Waals surface area contributed by atoms with Crippen molar-refractivity contribution in [1.29, 1.82) is 0 Å². The standard InChI is InChI=1S/C21H19BrN2O6/c1-9-7-13-14(17(25)28-9)21(11-8-10(22)5-6-12(11)24-19(21)27)15(16(23)29-13)18(26)30-20(2,3)4/h5-8H,23H2,1-4H3,(H,24,27). The second-order valence-corrected chi connectivity index (χ2v) is 9.04. The van der Waals surface area contributed by atoms with Crippen molar-refractivity contribution in [3.8, 4) is 5.75 Å². The zero-order valence-electron chi connectivity index (χ0n) is 16.7. The van der Waals surface area contributed by atoms with Crippen LogP contribution < -0.4 is 21.4 Å². The zero-order valence-corrected chi connectivity index (χ0v) is 18.3. The Balaban J connectivity index is 2.12. The van der Waals surface area contributed by atoms with Gasteiger partial charge in [-0.1, -0.05) is 15.9 Å². The van der Waals surface area contributed by atoms with Crippen LogP contribution in [0.15, 0.2) is 49.4 Å². The van der Waals surface area contributed by atoms with Gasteiger partial charge in [-0.3, -0.25) is 4.79 Å². The van der Waals surface area contributed by atoms with Crippen LogP contribution in [0.4, 0.5) is 5.69 Å². The average Bonchev–Trinajstić information content (AvgIpc) is 2.85. The lowest BCUT2D eigenvalue weighted by atomic mass is 9.69. The number of hydrogen-bond acceptors (Lipinski definition) is 7. The molecular weight excluding hydrogens is 456 g/mol. The molecule has 1 aromatic carbocycles. The van der Waals surface area contributed by atoms with Crippen LogP contribution in [-0.4, -0.2) is 17.5 Å². The van der Waals surface area contributed by atoms with Gasteiger partial charge in [0.2, 0.25) is 11.8 Å². The number of aryl methyl sites for hydroxylation is 1.